The number of hydrogen-bond acceptors (Lipinski definition) is 5. The molecule has 240 valence electrons. The molecule has 4 fully saturated rings. The van der Waals surface area contributed by atoms with Gasteiger partial charge >= 0.3 is 17.9 Å². The second-order valence-electron chi connectivity index (χ2n) is 17.0. The molecule has 7 heteroatoms. The standard InChI is InChI=1S/C36H55NO6/c1-31(2)18-20-36(30(41)42)21-19-34(6)23(24(36)22-31)12-13-26-33(5)16-15-27(32(3,4)25(33)14-17-35(26,34)7)37-43-29(40)11-9-8-10-28(38)39/h12,24-26H,8-11,13-22H2,1-7H3,(H,38,39)(H,41,42)/b37-27+/t24-,25-,26+,33-,34+,35+,36-/m0/s1. The zero-order chi connectivity index (χ0) is 31.6. The summed E-state index contributed by atoms with van der Waals surface area (Å²) in [5.74, 6) is -0.793. The third-order valence-corrected chi connectivity index (χ3v) is 14.1. The van der Waals surface area contributed by atoms with Gasteiger partial charge in [0.2, 0.25) is 0 Å². The molecule has 7 atom stereocenters. The number of carbonyl (C=O) groups excluding carboxylic acids is 1. The smallest absolute Gasteiger partial charge is 0.335 e. The predicted molar refractivity (Wildman–Crippen MR) is 166 cm³/mol. The maximum Gasteiger partial charge on any atom is 0.335 e. The predicted octanol–water partition coefficient (Wildman–Crippen LogP) is 8.42. The molecule has 0 radical (unpaired) electrons. The van der Waals surface area contributed by atoms with Gasteiger partial charge in [0.15, 0.2) is 0 Å². The molecule has 5 aliphatic rings. The van der Waals surface area contributed by atoms with Crippen LogP contribution in [0, 0.1) is 50.2 Å². The largest absolute Gasteiger partial charge is 0.481 e. The number of carboxylic acid groups (broad SMARTS) is 2. The minimum absolute atomic E-state index is 0.00435. The van der Waals surface area contributed by atoms with Gasteiger partial charge in [-0.25, -0.2) is 4.79 Å². The van der Waals surface area contributed by atoms with Crippen molar-refractivity contribution in [3.8, 4) is 0 Å². The van der Waals surface area contributed by atoms with E-state index in [4.69, 9.17) is 9.94 Å². The van der Waals surface area contributed by atoms with Crippen molar-refractivity contribution in [1.29, 1.82) is 0 Å². The summed E-state index contributed by atoms with van der Waals surface area (Å²) in [5.41, 5.74) is 1.96. The number of rotatable bonds is 7. The van der Waals surface area contributed by atoms with Crippen LogP contribution in [0.5, 0.6) is 0 Å². The first-order valence-electron chi connectivity index (χ1n) is 16.9. The normalized spacial score (nSPS) is 42.0. The average Bonchev–Trinajstić information content (AvgIpc) is 2.90. The van der Waals surface area contributed by atoms with Gasteiger partial charge in [-0.15, -0.1) is 0 Å². The molecule has 0 unspecified atom stereocenters. The number of allylic oxidation sites excluding steroid dienone is 2. The molecular weight excluding hydrogens is 542 g/mol. The SMILES string of the molecule is CC1(C)CC[C@]2(C(=O)O)CC[C@]3(C)C(=CC[C@@H]4[C@@]5(C)CC/C(=N\OC(=O)CCCCC(=O)O)C(C)(C)[C@@H]5CC[C@]43C)[C@@H]2C1. The van der Waals surface area contributed by atoms with Crippen LogP contribution in [0.1, 0.15) is 138 Å². The van der Waals surface area contributed by atoms with E-state index in [2.05, 4.69) is 59.7 Å². The number of aliphatic carboxylic acids is 2. The van der Waals surface area contributed by atoms with E-state index in [1.54, 1.807) is 0 Å². The second-order valence-corrected chi connectivity index (χ2v) is 17.0. The van der Waals surface area contributed by atoms with Crippen LogP contribution in [0.2, 0.25) is 0 Å². The van der Waals surface area contributed by atoms with Gasteiger partial charge in [0.1, 0.15) is 0 Å². The van der Waals surface area contributed by atoms with Crippen molar-refractivity contribution in [2.45, 2.75) is 138 Å². The Morgan fingerprint density at radius 3 is 2.23 bits per heavy atom. The third-order valence-electron chi connectivity index (χ3n) is 14.1. The molecule has 0 aromatic carbocycles. The molecule has 0 amide bonds. The number of carboxylic acids is 2. The summed E-state index contributed by atoms with van der Waals surface area (Å²) < 4.78 is 0. The van der Waals surface area contributed by atoms with Gasteiger partial charge in [-0.3, -0.25) is 9.59 Å². The fourth-order valence-corrected chi connectivity index (χ4v) is 11.3. The van der Waals surface area contributed by atoms with Crippen LogP contribution in [0.4, 0.5) is 0 Å². The van der Waals surface area contributed by atoms with E-state index in [1.807, 2.05) is 0 Å². The van der Waals surface area contributed by atoms with Crippen molar-refractivity contribution in [2.75, 3.05) is 0 Å². The lowest BCUT2D eigenvalue weighted by molar-refractivity contribution is -0.179. The molecule has 4 saturated carbocycles. The van der Waals surface area contributed by atoms with Gasteiger partial charge in [-0.05, 0) is 116 Å². The first-order valence-corrected chi connectivity index (χ1v) is 16.9. The number of carbonyl (C=O) groups is 3. The quantitative estimate of drug-likeness (QED) is 0.132. The zero-order valence-corrected chi connectivity index (χ0v) is 27.7. The Bertz CT molecular complexity index is 1230. The van der Waals surface area contributed by atoms with Gasteiger partial charge in [0.05, 0.1) is 11.1 Å². The lowest BCUT2D eigenvalue weighted by atomic mass is 9.33. The van der Waals surface area contributed by atoms with Crippen molar-refractivity contribution in [2.24, 2.45) is 55.4 Å². The third kappa shape index (κ3) is 4.99. The summed E-state index contributed by atoms with van der Waals surface area (Å²) in [6.07, 6.45) is 13.2. The molecule has 0 bridgehead atoms. The summed E-state index contributed by atoms with van der Waals surface area (Å²) in [7, 11) is 0. The van der Waals surface area contributed by atoms with E-state index in [0.29, 0.717) is 24.7 Å². The van der Waals surface area contributed by atoms with Crippen molar-refractivity contribution >= 4 is 23.6 Å². The molecule has 0 aliphatic heterocycles. The summed E-state index contributed by atoms with van der Waals surface area (Å²) in [4.78, 5) is 41.4. The second kappa shape index (κ2) is 10.7. The molecule has 7 nitrogen and oxygen atoms in total. The van der Waals surface area contributed by atoms with Crippen molar-refractivity contribution in [3.05, 3.63) is 11.6 Å². The van der Waals surface area contributed by atoms with Crippen LogP contribution in [0.15, 0.2) is 16.8 Å². The minimum Gasteiger partial charge on any atom is -0.481 e. The van der Waals surface area contributed by atoms with E-state index < -0.39 is 23.3 Å². The lowest BCUT2D eigenvalue weighted by Gasteiger charge is -2.70. The lowest BCUT2D eigenvalue weighted by Crippen LogP contribution is -2.64. The molecule has 0 heterocycles. The van der Waals surface area contributed by atoms with E-state index in [9.17, 15) is 19.5 Å². The van der Waals surface area contributed by atoms with Gasteiger partial charge in [0, 0.05) is 18.3 Å². The van der Waals surface area contributed by atoms with Crippen LogP contribution in [-0.4, -0.2) is 33.8 Å². The highest BCUT2D eigenvalue weighted by molar-refractivity contribution is 5.91. The molecule has 0 saturated heterocycles. The van der Waals surface area contributed by atoms with E-state index >= 15 is 0 Å². The Balaban J connectivity index is 1.39. The van der Waals surface area contributed by atoms with E-state index in [1.165, 1.54) is 5.57 Å². The monoisotopic (exact) mass is 597 g/mol. The highest BCUT2D eigenvalue weighted by Crippen LogP contribution is 2.75. The zero-order valence-electron chi connectivity index (χ0n) is 27.7. The number of oxime groups is 1. The summed E-state index contributed by atoms with van der Waals surface area (Å²) in [6, 6.07) is 0. The van der Waals surface area contributed by atoms with Crippen LogP contribution >= 0.6 is 0 Å². The maximum atomic E-state index is 12.9. The fourth-order valence-electron chi connectivity index (χ4n) is 11.3. The summed E-state index contributed by atoms with van der Waals surface area (Å²) in [5, 5.41) is 23.9. The minimum atomic E-state index is -0.849. The van der Waals surface area contributed by atoms with Crippen LogP contribution < -0.4 is 0 Å². The molecule has 5 aliphatic carbocycles. The molecule has 0 aromatic heterocycles. The number of unbranched alkanes of at least 4 members (excludes halogenated alkanes) is 1. The molecule has 0 spiro atoms. The molecule has 43 heavy (non-hydrogen) atoms. The first kappa shape index (κ1) is 32.2. The van der Waals surface area contributed by atoms with E-state index in [-0.39, 0.29) is 45.8 Å². The Labute approximate surface area is 258 Å². The van der Waals surface area contributed by atoms with Crippen LogP contribution in [0.25, 0.3) is 0 Å². The fraction of sp³-hybridized carbons (Fsp3) is 0.833. The summed E-state index contributed by atoms with van der Waals surface area (Å²) in [6.45, 7) is 16.7. The van der Waals surface area contributed by atoms with Gasteiger partial charge in [-0.2, -0.15) is 0 Å². The number of nitrogens with zero attached hydrogens (tertiary/aromatic N) is 1. The van der Waals surface area contributed by atoms with Crippen molar-refractivity contribution in [3.63, 3.8) is 0 Å². The Hall–Kier alpha value is -2.18. The maximum absolute atomic E-state index is 12.9. The highest BCUT2D eigenvalue weighted by Gasteiger charge is 2.69. The molecule has 2 N–H and O–H groups in total. The Morgan fingerprint density at radius 1 is 0.884 bits per heavy atom. The van der Waals surface area contributed by atoms with Crippen molar-refractivity contribution < 1.29 is 29.4 Å². The topological polar surface area (TPSA) is 113 Å². The van der Waals surface area contributed by atoms with E-state index in [0.717, 1.165) is 69.9 Å². The summed E-state index contributed by atoms with van der Waals surface area (Å²) >= 11 is 0. The first-order chi connectivity index (χ1) is 19.9. The molecule has 5 rings (SSSR count). The highest BCUT2D eigenvalue weighted by atomic mass is 16.7. The van der Waals surface area contributed by atoms with Gasteiger partial charge < -0.3 is 15.1 Å². The Morgan fingerprint density at radius 2 is 1.56 bits per heavy atom. The number of fused-ring (bicyclic) bond motifs is 7. The number of hydrogen-bond donors (Lipinski definition) is 2. The van der Waals surface area contributed by atoms with Crippen molar-refractivity contribution in [1.82, 2.24) is 0 Å². The van der Waals surface area contributed by atoms with Crippen LogP contribution in [0.3, 0.4) is 0 Å². The molecule has 0 aromatic rings. The molecular formula is C36H55NO6. The van der Waals surface area contributed by atoms with Gasteiger partial charge in [0.25, 0.3) is 0 Å². The Kier molecular flexibility index (Phi) is 8.03. The van der Waals surface area contributed by atoms with Gasteiger partial charge in [-0.1, -0.05) is 65.3 Å². The van der Waals surface area contributed by atoms with Crippen LogP contribution in [-0.2, 0) is 19.2 Å². The average molecular weight is 598 g/mol.